The van der Waals surface area contributed by atoms with E-state index in [0.29, 0.717) is 18.0 Å². The van der Waals surface area contributed by atoms with Crippen molar-refractivity contribution in [2.75, 3.05) is 12.8 Å². The van der Waals surface area contributed by atoms with Crippen LogP contribution in [0, 0.1) is 5.92 Å². The van der Waals surface area contributed by atoms with E-state index in [1.54, 1.807) is 19.2 Å². The van der Waals surface area contributed by atoms with Gasteiger partial charge in [0.15, 0.2) is 0 Å². The van der Waals surface area contributed by atoms with Gasteiger partial charge in [-0.25, -0.2) is 13.1 Å². The smallest absolute Gasteiger partial charge is 0.240 e. The van der Waals surface area contributed by atoms with Crippen LogP contribution in [0.1, 0.15) is 18.4 Å². The summed E-state index contributed by atoms with van der Waals surface area (Å²) in [6.07, 6.45) is 2.76. The van der Waals surface area contributed by atoms with Crippen LogP contribution in [0.3, 0.4) is 0 Å². The molecule has 1 aliphatic carbocycles. The number of rotatable bonds is 7. The third-order valence-corrected chi connectivity index (χ3v) is 5.78. The molecule has 2 aromatic rings. The molecular weight excluding hydrogens is 324 g/mol. The molecule has 0 saturated heterocycles. The third kappa shape index (κ3) is 4.07. The van der Waals surface area contributed by atoms with Crippen molar-refractivity contribution in [3.05, 3.63) is 54.1 Å². The SMILES string of the molecule is COc1cccc(CC(NS(=O)(=O)c2ccc(N)cc2)C2CC2)c1. The molecule has 1 aliphatic rings. The Morgan fingerprint density at radius 1 is 1.21 bits per heavy atom. The van der Waals surface area contributed by atoms with Gasteiger partial charge in [0.2, 0.25) is 10.0 Å². The molecule has 0 aliphatic heterocycles. The van der Waals surface area contributed by atoms with E-state index in [1.165, 1.54) is 12.1 Å². The van der Waals surface area contributed by atoms with Crippen molar-refractivity contribution in [1.82, 2.24) is 4.72 Å². The first kappa shape index (κ1) is 16.8. The van der Waals surface area contributed by atoms with Crippen LogP contribution in [0.15, 0.2) is 53.4 Å². The largest absolute Gasteiger partial charge is 0.497 e. The Hall–Kier alpha value is -2.05. The summed E-state index contributed by atoms with van der Waals surface area (Å²) in [6, 6.07) is 13.9. The highest BCUT2D eigenvalue weighted by molar-refractivity contribution is 7.89. The molecule has 1 atom stereocenters. The lowest BCUT2D eigenvalue weighted by Gasteiger charge is -2.19. The molecule has 0 aromatic heterocycles. The van der Waals surface area contributed by atoms with E-state index < -0.39 is 10.0 Å². The zero-order chi connectivity index (χ0) is 17.2. The fourth-order valence-corrected chi connectivity index (χ4v) is 4.08. The summed E-state index contributed by atoms with van der Waals surface area (Å²) in [7, 11) is -1.93. The van der Waals surface area contributed by atoms with E-state index in [9.17, 15) is 8.42 Å². The standard InChI is InChI=1S/C18H22N2O3S/c1-23-16-4-2-3-13(11-16)12-18(14-5-6-14)20-24(21,22)17-9-7-15(19)8-10-17/h2-4,7-11,14,18,20H,5-6,12,19H2,1H3. The molecule has 24 heavy (non-hydrogen) atoms. The number of nitrogens with one attached hydrogen (secondary N) is 1. The van der Waals surface area contributed by atoms with Gasteiger partial charge in [0.1, 0.15) is 5.75 Å². The molecular formula is C18H22N2O3S. The molecule has 0 radical (unpaired) electrons. The molecule has 1 unspecified atom stereocenters. The van der Waals surface area contributed by atoms with Crippen LogP contribution >= 0.6 is 0 Å². The molecule has 1 saturated carbocycles. The van der Waals surface area contributed by atoms with Crippen LogP contribution in [0.25, 0.3) is 0 Å². The van der Waals surface area contributed by atoms with E-state index >= 15 is 0 Å². The lowest BCUT2D eigenvalue weighted by atomic mass is 10.0. The second-order valence-corrected chi connectivity index (χ2v) is 7.90. The Balaban J connectivity index is 1.77. The lowest BCUT2D eigenvalue weighted by Crippen LogP contribution is -2.38. The summed E-state index contributed by atoms with van der Waals surface area (Å²) in [5.41, 5.74) is 7.24. The van der Waals surface area contributed by atoms with Crippen molar-refractivity contribution in [3.63, 3.8) is 0 Å². The van der Waals surface area contributed by atoms with Gasteiger partial charge in [0.25, 0.3) is 0 Å². The number of anilines is 1. The molecule has 1 fully saturated rings. The van der Waals surface area contributed by atoms with Crippen LogP contribution in [0.5, 0.6) is 5.75 Å². The number of nitrogens with two attached hydrogens (primary N) is 1. The van der Waals surface area contributed by atoms with Gasteiger partial charge in [0, 0.05) is 11.7 Å². The first-order valence-electron chi connectivity index (χ1n) is 7.99. The third-order valence-electron chi connectivity index (χ3n) is 4.28. The maximum absolute atomic E-state index is 12.6. The van der Waals surface area contributed by atoms with Crippen molar-refractivity contribution in [2.24, 2.45) is 5.92 Å². The van der Waals surface area contributed by atoms with E-state index in [2.05, 4.69) is 4.72 Å². The number of hydrogen-bond acceptors (Lipinski definition) is 4. The topological polar surface area (TPSA) is 81.4 Å². The summed E-state index contributed by atoms with van der Waals surface area (Å²) >= 11 is 0. The molecule has 128 valence electrons. The molecule has 3 N–H and O–H groups in total. The minimum absolute atomic E-state index is 0.111. The molecule has 0 spiro atoms. The van der Waals surface area contributed by atoms with Crippen molar-refractivity contribution in [1.29, 1.82) is 0 Å². The van der Waals surface area contributed by atoms with E-state index in [-0.39, 0.29) is 10.9 Å². The van der Waals surface area contributed by atoms with Crippen molar-refractivity contribution >= 4 is 15.7 Å². The first-order chi connectivity index (χ1) is 11.5. The van der Waals surface area contributed by atoms with Crippen LogP contribution in [-0.4, -0.2) is 21.6 Å². The van der Waals surface area contributed by atoms with Crippen molar-refractivity contribution in [2.45, 2.75) is 30.2 Å². The predicted molar refractivity (Wildman–Crippen MR) is 94.4 cm³/mol. The first-order valence-corrected chi connectivity index (χ1v) is 9.47. The minimum Gasteiger partial charge on any atom is -0.497 e. The number of hydrogen-bond donors (Lipinski definition) is 2. The second kappa shape index (κ2) is 6.83. The average Bonchev–Trinajstić information content (AvgIpc) is 3.39. The van der Waals surface area contributed by atoms with Gasteiger partial charge < -0.3 is 10.5 Å². The number of methoxy groups -OCH3 is 1. The van der Waals surface area contributed by atoms with Gasteiger partial charge in [-0.1, -0.05) is 12.1 Å². The molecule has 3 rings (SSSR count). The second-order valence-electron chi connectivity index (χ2n) is 6.19. The minimum atomic E-state index is -3.55. The van der Waals surface area contributed by atoms with Crippen molar-refractivity contribution in [3.8, 4) is 5.75 Å². The number of benzene rings is 2. The maximum Gasteiger partial charge on any atom is 0.240 e. The molecule has 6 heteroatoms. The lowest BCUT2D eigenvalue weighted by molar-refractivity contribution is 0.413. The van der Waals surface area contributed by atoms with Gasteiger partial charge >= 0.3 is 0 Å². The van der Waals surface area contributed by atoms with Gasteiger partial charge in [0.05, 0.1) is 12.0 Å². The molecule has 0 bridgehead atoms. The quantitative estimate of drug-likeness (QED) is 0.755. The summed E-state index contributed by atoms with van der Waals surface area (Å²) < 4.78 is 33.4. The van der Waals surface area contributed by atoms with Gasteiger partial charge in [-0.2, -0.15) is 0 Å². The Morgan fingerprint density at radius 3 is 2.54 bits per heavy atom. The fourth-order valence-electron chi connectivity index (χ4n) is 2.77. The monoisotopic (exact) mass is 346 g/mol. The average molecular weight is 346 g/mol. The zero-order valence-electron chi connectivity index (χ0n) is 13.6. The van der Waals surface area contributed by atoms with E-state index in [4.69, 9.17) is 10.5 Å². The normalized spacial score (nSPS) is 15.9. The predicted octanol–water partition coefficient (Wildman–Crippen LogP) is 2.58. The van der Waals surface area contributed by atoms with E-state index in [1.807, 2.05) is 24.3 Å². The number of nitrogen functional groups attached to an aromatic ring is 1. The highest BCUT2D eigenvalue weighted by Crippen LogP contribution is 2.35. The highest BCUT2D eigenvalue weighted by atomic mass is 32.2. The van der Waals surface area contributed by atoms with Gasteiger partial charge in [-0.3, -0.25) is 0 Å². The van der Waals surface area contributed by atoms with Crippen LogP contribution in [0.2, 0.25) is 0 Å². The van der Waals surface area contributed by atoms with Crippen LogP contribution in [-0.2, 0) is 16.4 Å². The Labute approximate surface area is 142 Å². The van der Waals surface area contributed by atoms with Gasteiger partial charge in [-0.05, 0) is 67.1 Å². The van der Waals surface area contributed by atoms with E-state index in [0.717, 1.165) is 24.2 Å². The maximum atomic E-state index is 12.6. The number of sulfonamides is 1. The van der Waals surface area contributed by atoms with Crippen LogP contribution < -0.4 is 15.2 Å². The summed E-state index contributed by atoms with van der Waals surface area (Å²) in [4.78, 5) is 0.244. The molecule has 5 nitrogen and oxygen atoms in total. The fraction of sp³-hybridized carbons (Fsp3) is 0.333. The number of ether oxygens (including phenoxy) is 1. The Bertz CT molecular complexity index is 799. The highest BCUT2D eigenvalue weighted by Gasteiger charge is 2.34. The summed E-state index contributed by atoms with van der Waals surface area (Å²) in [6.45, 7) is 0. The van der Waals surface area contributed by atoms with Crippen LogP contribution in [0.4, 0.5) is 5.69 Å². The Morgan fingerprint density at radius 2 is 1.92 bits per heavy atom. The Kier molecular flexibility index (Phi) is 4.78. The molecule has 0 heterocycles. The van der Waals surface area contributed by atoms with Gasteiger partial charge in [-0.15, -0.1) is 0 Å². The molecule has 0 amide bonds. The van der Waals surface area contributed by atoms with Crippen molar-refractivity contribution < 1.29 is 13.2 Å². The zero-order valence-corrected chi connectivity index (χ0v) is 14.4. The molecule has 2 aromatic carbocycles. The summed E-state index contributed by atoms with van der Waals surface area (Å²) in [5, 5.41) is 0. The summed E-state index contributed by atoms with van der Waals surface area (Å²) in [5.74, 6) is 1.17.